The van der Waals surface area contributed by atoms with E-state index in [1.54, 1.807) is 6.07 Å². The van der Waals surface area contributed by atoms with E-state index in [0.29, 0.717) is 21.5 Å². The van der Waals surface area contributed by atoms with Crippen LogP contribution in [-0.4, -0.2) is 14.2 Å². The van der Waals surface area contributed by atoms with Crippen LogP contribution in [0.3, 0.4) is 0 Å². The summed E-state index contributed by atoms with van der Waals surface area (Å²) in [4.78, 5) is 0. The molecule has 2 nitrogen and oxygen atoms in total. The molecule has 0 fully saturated rings. The van der Waals surface area contributed by atoms with Crippen LogP contribution < -0.4 is 9.47 Å². The van der Waals surface area contributed by atoms with Crippen LogP contribution in [0.2, 0.25) is 0 Å². The fourth-order valence-corrected chi connectivity index (χ4v) is 1.58. The molecule has 0 saturated heterocycles. The maximum atomic E-state index is 13.2. The van der Waals surface area contributed by atoms with Gasteiger partial charge in [-0.1, -0.05) is 22.6 Å². The first kappa shape index (κ1) is 10.6. The van der Waals surface area contributed by atoms with Crippen molar-refractivity contribution in [1.29, 1.82) is 0 Å². The molecular formula is C9H10FIO2. The standard InChI is InChI=1S/C9H10FIO2/c1-12-8-3-6(5-11)7(10)4-9(8)13-2/h3-4H,5H2,1-2H3/i10-1. The van der Waals surface area contributed by atoms with Crippen molar-refractivity contribution in [1.82, 2.24) is 0 Å². The second-order valence-electron chi connectivity index (χ2n) is 2.43. The Morgan fingerprint density at radius 3 is 2.23 bits per heavy atom. The third-order valence-electron chi connectivity index (χ3n) is 1.70. The van der Waals surface area contributed by atoms with Gasteiger partial charge in [-0.05, 0) is 6.07 Å². The molecule has 0 bridgehead atoms. The minimum absolute atomic E-state index is 0.257. The summed E-state index contributed by atoms with van der Waals surface area (Å²) in [5.41, 5.74) is 0.623. The zero-order chi connectivity index (χ0) is 9.84. The molecule has 0 radical (unpaired) electrons. The van der Waals surface area contributed by atoms with Crippen molar-refractivity contribution < 1.29 is 13.9 Å². The predicted molar refractivity (Wildman–Crippen MR) is 57.2 cm³/mol. The lowest BCUT2D eigenvalue weighted by atomic mass is 10.2. The Balaban J connectivity index is 3.18. The fourth-order valence-electron chi connectivity index (χ4n) is 0.999. The van der Waals surface area contributed by atoms with Crippen LogP contribution in [0.25, 0.3) is 0 Å². The second-order valence-corrected chi connectivity index (χ2v) is 3.20. The van der Waals surface area contributed by atoms with Gasteiger partial charge in [0, 0.05) is 16.1 Å². The molecule has 0 aliphatic carbocycles. The number of hydrogen-bond acceptors (Lipinski definition) is 2. The Morgan fingerprint density at radius 2 is 1.77 bits per heavy atom. The first-order valence-corrected chi connectivity index (χ1v) is 5.21. The van der Waals surface area contributed by atoms with E-state index in [1.807, 2.05) is 0 Å². The predicted octanol–water partition coefficient (Wildman–Crippen LogP) is 2.78. The molecule has 1 aromatic rings. The van der Waals surface area contributed by atoms with Crippen LogP contribution in [0.1, 0.15) is 5.56 Å². The zero-order valence-corrected chi connectivity index (χ0v) is 9.59. The summed E-state index contributed by atoms with van der Waals surface area (Å²) in [6, 6.07) is 2.99. The number of ether oxygens (including phenoxy) is 2. The second kappa shape index (κ2) is 4.64. The van der Waals surface area contributed by atoms with E-state index in [2.05, 4.69) is 22.6 Å². The normalized spacial score (nSPS) is 9.85. The van der Waals surface area contributed by atoms with Crippen molar-refractivity contribution in [2.24, 2.45) is 0 Å². The molecule has 1 rings (SSSR count). The van der Waals surface area contributed by atoms with E-state index in [0.717, 1.165) is 0 Å². The van der Waals surface area contributed by atoms with Crippen molar-refractivity contribution in [2.45, 2.75) is 4.43 Å². The fraction of sp³-hybridized carbons (Fsp3) is 0.333. The van der Waals surface area contributed by atoms with E-state index in [1.165, 1.54) is 20.3 Å². The average Bonchev–Trinajstić information content (AvgIpc) is 2.17. The van der Waals surface area contributed by atoms with E-state index in [4.69, 9.17) is 9.47 Å². The average molecular weight is 295 g/mol. The van der Waals surface area contributed by atoms with Gasteiger partial charge in [-0.3, -0.25) is 0 Å². The smallest absolute Gasteiger partial charge is 0.163 e. The van der Waals surface area contributed by atoms with Crippen LogP contribution in [0, 0.1) is 5.82 Å². The van der Waals surface area contributed by atoms with Gasteiger partial charge in [0.05, 0.1) is 14.2 Å². The number of benzene rings is 1. The number of alkyl halides is 1. The van der Waals surface area contributed by atoms with Gasteiger partial charge < -0.3 is 9.47 Å². The van der Waals surface area contributed by atoms with Gasteiger partial charge in [0.15, 0.2) is 11.5 Å². The summed E-state index contributed by atoms with van der Waals surface area (Å²) in [7, 11) is 3.02. The summed E-state index contributed by atoms with van der Waals surface area (Å²) < 4.78 is 23.8. The highest BCUT2D eigenvalue weighted by Crippen LogP contribution is 2.30. The number of halogens is 2. The van der Waals surface area contributed by atoms with Crippen molar-refractivity contribution in [3.05, 3.63) is 23.5 Å². The Labute approximate surface area is 90.2 Å². The highest BCUT2D eigenvalue weighted by Gasteiger charge is 2.09. The summed E-state index contributed by atoms with van der Waals surface area (Å²) in [6.07, 6.45) is 0. The molecule has 0 aliphatic heterocycles. The van der Waals surface area contributed by atoms with Crippen molar-refractivity contribution in [3.63, 3.8) is 0 Å². The highest BCUT2D eigenvalue weighted by atomic mass is 127. The topological polar surface area (TPSA) is 18.5 Å². The van der Waals surface area contributed by atoms with Gasteiger partial charge >= 0.3 is 0 Å². The minimum atomic E-state index is -0.257. The van der Waals surface area contributed by atoms with Gasteiger partial charge in [-0.2, -0.15) is 0 Å². The number of methoxy groups -OCH3 is 2. The Kier molecular flexibility index (Phi) is 3.77. The summed E-state index contributed by atoms with van der Waals surface area (Å²) in [5.74, 6) is 0.733. The van der Waals surface area contributed by atoms with Gasteiger partial charge in [-0.15, -0.1) is 0 Å². The lowest BCUT2D eigenvalue weighted by Gasteiger charge is -2.09. The summed E-state index contributed by atoms with van der Waals surface area (Å²) in [6.45, 7) is 0. The lowest BCUT2D eigenvalue weighted by molar-refractivity contribution is 0.352. The van der Waals surface area contributed by atoms with Crippen molar-refractivity contribution in [3.8, 4) is 11.5 Å². The van der Waals surface area contributed by atoms with Crippen LogP contribution in [-0.2, 0) is 4.43 Å². The first-order chi connectivity index (χ1) is 6.22. The molecule has 0 saturated carbocycles. The quantitative estimate of drug-likeness (QED) is 0.630. The maximum Gasteiger partial charge on any atom is 0.163 e. The van der Waals surface area contributed by atoms with Crippen LogP contribution in [0.4, 0.5) is 4.39 Å². The third kappa shape index (κ3) is 2.24. The first-order valence-electron chi connectivity index (χ1n) is 3.69. The molecule has 4 heteroatoms. The molecule has 0 atom stereocenters. The van der Waals surface area contributed by atoms with Crippen LogP contribution in [0.15, 0.2) is 12.1 Å². The lowest BCUT2D eigenvalue weighted by Crippen LogP contribution is -1.94. The van der Waals surface area contributed by atoms with Crippen molar-refractivity contribution in [2.75, 3.05) is 14.2 Å². The monoisotopic (exact) mass is 295 g/mol. The molecule has 0 aliphatic rings. The molecule has 0 N–H and O–H groups in total. The largest absolute Gasteiger partial charge is 0.493 e. The molecule has 1 aromatic carbocycles. The van der Waals surface area contributed by atoms with Gasteiger partial charge in [0.2, 0.25) is 0 Å². The minimum Gasteiger partial charge on any atom is -0.493 e. The Hall–Kier alpha value is -0.520. The molecule has 0 unspecified atom stereocenters. The van der Waals surface area contributed by atoms with Gasteiger partial charge in [0.1, 0.15) is 5.82 Å². The maximum absolute atomic E-state index is 13.2. The molecule has 0 amide bonds. The number of rotatable bonds is 3. The van der Waals surface area contributed by atoms with Crippen molar-refractivity contribution >= 4 is 22.6 Å². The van der Waals surface area contributed by atoms with E-state index >= 15 is 0 Å². The number of hydrogen-bond donors (Lipinski definition) is 0. The molecule has 0 heterocycles. The molecule has 0 spiro atoms. The van der Waals surface area contributed by atoms with Crippen LogP contribution >= 0.6 is 22.6 Å². The molecule has 13 heavy (non-hydrogen) atoms. The highest BCUT2D eigenvalue weighted by molar-refractivity contribution is 14.1. The van der Waals surface area contributed by atoms with Gasteiger partial charge in [0.25, 0.3) is 0 Å². The zero-order valence-electron chi connectivity index (χ0n) is 7.43. The molecular weight excluding hydrogens is 285 g/mol. The molecule has 72 valence electrons. The summed E-state index contributed by atoms with van der Waals surface area (Å²) in [5, 5.41) is 0. The SMILES string of the molecule is COc1cc([18F])c(CI)cc1OC. The van der Waals surface area contributed by atoms with Crippen LogP contribution in [0.5, 0.6) is 11.5 Å². The Bertz CT molecular complexity index is 302. The summed E-state index contributed by atoms with van der Waals surface area (Å²) >= 11 is 2.10. The van der Waals surface area contributed by atoms with E-state index in [9.17, 15) is 4.39 Å². The van der Waals surface area contributed by atoms with E-state index < -0.39 is 0 Å². The molecule has 0 aromatic heterocycles. The Morgan fingerprint density at radius 1 is 1.23 bits per heavy atom. The third-order valence-corrected chi connectivity index (χ3v) is 2.52. The van der Waals surface area contributed by atoms with E-state index in [-0.39, 0.29) is 5.82 Å². The van der Waals surface area contributed by atoms with Gasteiger partial charge in [-0.25, -0.2) is 4.39 Å².